The Hall–Kier alpha value is -3.53. The third-order valence-corrected chi connectivity index (χ3v) is 6.25. The van der Waals surface area contributed by atoms with Crippen molar-refractivity contribution in [3.05, 3.63) is 46.8 Å². The molecule has 0 spiro atoms. The molecule has 0 radical (unpaired) electrons. The van der Waals surface area contributed by atoms with E-state index in [1.165, 1.54) is 5.56 Å². The topological polar surface area (TPSA) is 114 Å². The number of imide groups is 2. The van der Waals surface area contributed by atoms with E-state index >= 15 is 0 Å². The Morgan fingerprint density at radius 1 is 1.09 bits per heavy atom. The van der Waals surface area contributed by atoms with E-state index in [0.717, 1.165) is 43.1 Å². The zero-order valence-electron chi connectivity index (χ0n) is 18.4. The minimum atomic E-state index is -0.969. The van der Waals surface area contributed by atoms with Crippen LogP contribution in [0, 0.1) is 0 Å². The zero-order chi connectivity index (χ0) is 23.1. The molecule has 1 aromatic heterocycles. The normalized spacial score (nSPS) is 20.3. The number of fused-ring (bicyclic) bond motifs is 2. The van der Waals surface area contributed by atoms with Gasteiger partial charge in [-0.3, -0.25) is 39.0 Å². The van der Waals surface area contributed by atoms with Crippen LogP contribution < -0.4 is 10.1 Å². The number of carbonyl (C=O) groups excluding carboxylic acids is 4. The fourth-order valence-electron chi connectivity index (χ4n) is 4.59. The third kappa shape index (κ3) is 4.02. The van der Waals surface area contributed by atoms with E-state index in [1.807, 2.05) is 4.68 Å². The average molecular weight is 451 g/mol. The maximum Gasteiger partial charge on any atom is 0.262 e. The lowest BCUT2D eigenvalue weighted by Crippen LogP contribution is -2.54. The van der Waals surface area contributed by atoms with Gasteiger partial charge in [-0.15, -0.1) is 0 Å². The summed E-state index contributed by atoms with van der Waals surface area (Å²) in [5.74, 6) is -1.57. The van der Waals surface area contributed by atoms with E-state index in [0.29, 0.717) is 12.4 Å². The zero-order valence-corrected chi connectivity index (χ0v) is 18.4. The van der Waals surface area contributed by atoms with Gasteiger partial charge in [0, 0.05) is 37.8 Å². The number of amides is 4. The Bertz CT molecular complexity index is 1130. The number of aromatic nitrogens is 2. The molecule has 1 saturated heterocycles. The molecule has 4 heterocycles. The van der Waals surface area contributed by atoms with Gasteiger partial charge in [0.05, 0.1) is 23.4 Å². The van der Waals surface area contributed by atoms with Gasteiger partial charge < -0.3 is 4.74 Å². The molecule has 5 rings (SSSR count). The molecular weight excluding hydrogens is 426 g/mol. The molecule has 3 aliphatic rings. The summed E-state index contributed by atoms with van der Waals surface area (Å²) >= 11 is 0. The fraction of sp³-hybridized carbons (Fsp3) is 0.435. The van der Waals surface area contributed by atoms with Crippen molar-refractivity contribution in [3.63, 3.8) is 0 Å². The largest absolute Gasteiger partial charge is 0.494 e. The molecule has 0 aliphatic carbocycles. The number of hydrogen-bond acceptors (Lipinski definition) is 7. The first kappa shape index (κ1) is 21.3. The van der Waals surface area contributed by atoms with E-state index in [-0.39, 0.29) is 24.0 Å². The molecule has 33 heavy (non-hydrogen) atoms. The number of ether oxygens (including phenoxy) is 1. The van der Waals surface area contributed by atoms with Crippen molar-refractivity contribution < 1.29 is 23.9 Å². The van der Waals surface area contributed by atoms with Crippen LogP contribution in [0.4, 0.5) is 0 Å². The molecule has 4 amide bonds. The van der Waals surface area contributed by atoms with Crippen molar-refractivity contribution in [2.45, 2.75) is 51.4 Å². The number of unbranched alkanes of at least 4 members (excludes halogenated alkanes) is 1. The van der Waals surface area contributed by atoms with Gasteiger partial charge in [0.2, 0.25) is 11.8 Å². The van der Waals surface area contributed by atoms with Crippen LogP contribution in [0.5, 0.6) is 5.75 Å². The summed E-state index contributed by atoms with van der Waals surface area (Å²) in [6, 6.07) is 3.80. The van der Waals surface area contributed by atoms with Gasteiger partial charge in [-0.1, -0.05) is 0 Å². The van der Waals surface area contributed by atoms with Crippen molar-refractivity contribution in [2.24, 2.45) is 0 Å². The molecule has 1 N–H and O–H groups in total. The SMILES string of the molecule is CN1Cc2cn(CCCCOc3ccc4c(c3)C(=O)N(C3CCC(=O)NC3=O)C4=O)nc2C1. The average Bonchev–Trinajstić information content (AvgIpc) is 3.38. The highest BCUT2D eigenvalue weighted by Gasteiger charge is 2.44. The summed E-state index contributed by atoms with van der Waals surface area (Å²) in [6.45, 7) is 3.13. The number of nitrogens with one attached hydrogen (secondary N) is 1. The number of hydrogen-bond donors (Lipinski definition) is 1. The maximum absolute atomic E-state index is 12.9. The second-order valence-corrected chi connectivity index (χ2v) is 8.75. The smallest absolute Gasteiger partial charge is 0.262 e. The molecule has 1 aromatic carbocycles. The van der Waals surface area contributed by atoms with E-state index in [2.05, 4.69) is 28.6 Å². The van der Waals surface area contributed by atoms with Gasteiger partial charge in [0.15, 0.2) is 0 Å². The number of carbonyl (C=O) groups is 4. The Morgan fingerprint density at radius 3 is 2.70 bits per heavy atom. The van der Waals surface area contributed by atoms with E-state index < -0.39 is 29.7 Å². The molecule has 1 unspecified atom stereocenters. The second kappa shape index (κ2) is 8.43. The molecule has 10 heteroatoms. The number of benzene rings is 1. The molecule has 2 aromatic rings. The van der Waals surface area contributed by atoms with Gasteiger partial charge >= 0.3 is 0 Å². The molecule has 1 fully saturated rings. The molecule has 1 atom stereocenters. The summed E-state index contributed by atoms with van der Waals surface area (Å²) in [7, 11) is 2.08. The lowest BCUT2D eigenvalue weighted by molar-refractivity contribution is -0.136. The van der Waals surface area contributed by atoms with Gasteiger partial charge in [-0.2, -0.15) is 5.10 Å². The van der Waals surface area contributed by atoms with Gasteiger partial charge in [-0.05, 0) is 44.5 Å². The maximum atomic E-state index is 12.9. The van der Waals surface area contributed by atoms with Crippen LogP contribution in [0.15, 0.2) is 24.4 Å². The van der Waals surface area contributed by atoms with Crippen LogP contribution in [0.3, 0.4) is 0 Å². The number of nitrogens with zero attached hydrogens (tertiary/aromatic N) is 4. The van der Waals surface area contributed by atoms with Crippen LogP contribution >= 0.6 is 0 Å². The van der Waals surface area contributed by atoms with Gasteiger partial charge in [-0.25, -0.2) is 0 Å². The minimum Gasteiger partial charge on any atom is -0.494 e. The second-order valence-electron chi connectivity index (χ2n) is 8.75. The number of aryl methyl sites for hydroxylation is 1. The van der Waals surface area contributed by atoms with Crippen LogP contribution in [-0.2, 0) is 29.2 Å². The minimum absolute atomic E-state index is 0.0936. The lowest BCUT2D eigenvalue weighted by Gasteiger charge is -2.27. The summed E-state index contributed by atoms with van der Waals surface area (Å²) in [5, 5.41) is 6.81. The van der Waals surface area contributed by atoms with Gasteiger partial charge in [0.1, 0.15) is 11.8 Å². The first-order valence-electron chi connectivity index (χ1n) is 11.1. The monoisotopic (exact) mass is 451 g/mol. The van der Waals surface area contributed by atoms with Crippen LogP contribution in [0.1, 0.15) is 57.7 Å². The predicted molar refractivity (Wildman–Crippen MR) is 115 cm³/mol. The van der Waals surface area contributed by atoms with Crippen LogP contribution in [-0.4, -0.2) is 62.9 Å². The highest BCUT2D eigenvalue weighted by Crippen LogP contribution is 2.30. The molecule has 0 bridgehead atoms. The summed E-state index contributed by atoms with van der Waals surface area (Å²) < 4.78 is 7.79. The summed E-state index contributed by atoms with van der Waals surface area (Å²) in [5.41, 5.74) is 2.91. The quantitative estimate of drug-likeness (QED) is 0.495. The van der Waals surface area contributed by atoms with E-state index in [4.69, 9.17) is 4.74 Å². The van der Waals surface area contributed by atoms with Crippen molar-refractivity contribution in [1.82, 2.24) is 24.9 Å². The summed E-state index contributed by atoms with van der Waals surface area (Å²) in [4.78, 5) is 52.3. The highest BCUT2D eigenvalue weighted by molar-refractivity contribution is 6.23. The van der Waals surface area contributed by atoms with Crippen molar-refractivity contribution >= 4 is 23.6 Å². The Kier molecular flexibility index (Phi) is 5.45. The summed E-state index contributed by atoms with van der Waals surface area (Å²) in [6.07, 6.45) is 4.06. The predicted octanol–water partition coefficient (Wildman–Crippen LogP) is 1.09. The van der Waals surface area contributed by atoms with Gasteiger partial charge in [0.25, 0.3) is 11.8 Å². The number of rotatable bonds is 7. The fourth-order valence-corrected chi connectivity index (χ4v) is 4.59. The molecule has 10 nitrogen and oxygen atoms in total. The molecule has 3 aliphatic heterocycles. The lowest BCUT2D eigenvalue weighted by atomic mass is 10.0. The first-order chi connectivity index (χ1) is 15.9. The van der Waals surface area contributed by atoms with E-state index in [9.17, 15) is 19.2 Å². The third-order valence-electron chi connectivity index (χ3n) is 6.25. The molecule has 0 saturated carbocycles. The molecular formula is C23H25N5O5. The van der Waals surface area contributed by atoms with E-state index in [1.54, 1.807) is 18.2 Å². The molecule has 172 valence electrons. The van der Waals surface area contributed by atoms with Crippen molar-refractivity contribution in [3.8, 4) is 5.75 Å². The van der Waals surface area contributed by atoms with Crippen molar-refractivity contribution in [2.75, 3.05) is 13.7 Å². The standard InChI is InChI=1S/C23H25N5O5/c1-26-11-14-12-27(25-18(14)13-26)8-2-3-9-33-15-4-5-16-17(10-15)23(32)28(22(16)31)19-6-7-20(29)24-21(19)30/h4-5,10,12,19H,2-3,6-9,11,13H2,1H3,(H,24,29,30). The Balaban J connectivity index is 1.15. The Morgan fingerprint density at radius 2 is 1.91 bits per heavy atom. The van der Waals surface area contributed by atoms with Crippen molar-refractivity contribution in [1.29, 1.82) is 0 Å². The van der Waals surface area contributed by atoms with Crippen LogP contribution in [0.2, 0.25) is 0 Å². The Labute approximate surface area is 190 Å². The van der Waals surface area contributed by atoms with Crippen LogP contribution in [0.25, 0.3) is 0 Å². The first-order valence-corrected chi connectivity index (χ1v) is 11.1. The highest BCUT2D eigenvalue weighted by atomic mass is 16.5. The number of piperidine rings is 1.